The van der Waals surface area contributed by atoms with Crippen molar-refractivity contribution in [1.29, 1.82) is 0 Å². The van der Waals surface area contributed by atoms with Crippen LogP contribution in [-0.2, 0) is 27.3 Å². The molecule has 176 valence electrons. The molecular formula is C24H25N5O5. The van der Waals surface area contributed by atoms with E-state index >= 15 is 0 Å². The van der Waals surface area contributed by atoms with Gasteiger partial charge in [0.15, 0.2) is 0 Å². The molecule has 0 aliphatic rings. The van der Waals surface area contributed by atoms with Gasteiger partial charge in [-0.15, -0.1) is 0 Å². The number of aryl methyl sites for hydroxylation is 1. The van der Waals surface area contributed by atoms with Crippen LogP contribution in [0.1, 0.15) is 27.3 Å². The number of aromatic nitrogens is 2. The molecule has 1 atom stereocenters. The molecule has 4 N–H and O–H groups in total. The van der Waals surface area contributed by atoms with Crippen LogP contribution in [0.2, 0.25) is 0 Å². The van der Waals surface area contributed by atoms with Gasteiger partial charge in [0.05, 0.1) is 18.5 Å². The van der Waals surface area contributed by atoms with E-state index in [0.717, 1.165) is 11.1 Å². The minimum absolute atomic E-state index is 0.114. The van der Waals surface area contributed by atoms with Gasteiger partial charge in [-0.1, -0.05) is 42.5 Å². The highest BCUT2D eigenvalue weighted by Crippen LogP contribution is 2.15. The first-order valence-corrected chi connectivity index (χ1v) is 10.4. The zero-order valence-electron chi connectivity index (χ0n) is 18.8. The zero-order chi connectivity index (χ0) is 24.7. The second-order valence-corrected chi connectivity index (χ2v) is 7.54. The van der Waals surface area contributed by atoms with Crippen LogP contribution in [0.5, 0.6) is 0 Å². The van der Waals surface area contributed by atoms with Gasteiger partial charge in [0.25, 0.3) is 11.8 Å². The summed E-state index contributed by atoms with van der Waals surface area (Å²) in [4.78, 5) is 48.3. The van der Waals surface area contributed by atoms with E-state index in [0.29, 0.717) is 11.4 Å². The van der Waals surface area contributed by atoms with Crippen LogP contribution < -0.4 is 16.4 Å². The number of nitrogens with zero attached hydrogens (tertiary/aromatic N) is 2. The molecule has 3 rings (SSSR count). The summed E-state index contributed by atoms with van der Waals surface area (Å²) in [6.07, 6.45) is -0.426. The Morgan fingerprint density at radius 1 is 1.03 bits per heavy atom. The number of hydrogen-bond donors (Lipinski definition) is 3. The lowest BCUT2D eigenvalue weighted by molar-refractivity contribution is -0.137. The molecule has 0 saturated carbocycles. The van der Waals surface area contributed by atoms with Gasteiger partial charge in [-0.3, -0.25) is 14.4 Å². The summed E-state index contributed by atoms with van der Waals surface area (Å²) in [6, 6.07) is 16.5. The van der Waals surface area contributed by atoms with Crippen molar-refractivity contribution in [2.24, 2.45) is 5.73 Å². The number of benzene rings is 2. The Bertz CT molecular complexity index is 1190. The molecule has 0 aliphatic carbocycles. The molecule has 0 radical (unpaired) electrons. The Hall–Kier alpha value is -4.47. The van der Waals surface area contributed by atoms with E-state index in [2.05, 4.69) is 20.5 Å². The Kier molecular flexibility index (Phi) is 7.75. The predicted molar refractivity (Wildman–Crippen MR) is 123 cm³/mol. The largest absolute Gasteiger partial charge is 0.453 e. The molecule has 0 spiro atoms. The predicted octanol–water partition coefficient (Wildman–Crippen LogP) is 1.43. The van der Waals surface area contributed by atoms with Crippen LogP contribution in [0.25, 0.3) is 5.69 Å². The second kappa shape index (κ2) is 10.9. The van der Waals surface area contributed by atoms with Crippen LogP contribution >= 0.6 is 0 Å². The fourth-order valence-electron chi connectivity index (χ4n) is 3.32. The number of rotatable bonds is 9. The van der Waals surface area contributed by atoms with Crippen molar-refractivity contribution in [3.05, 3.63) is 83.2 Å². The molecule has 10 heteroatoms. The fourth-order valence-corrected chi connectivity index (χ4v) is 3.32. The van der Waals surface area contributed by atoms with Gasteiger partial charge in [-0.05, 0) is 36.2 Å². The second-order valence-electron chi connectivity index (χ2n) is 7.54. The third-order valence-corrected chi connectivity index (χ3v) is 5.01. The number of nitrogens with two attached hydrogens (primary N) is 1. The summed E-state index contributed by atoms with van der Waals surface area (Å²) < 4.78 is 5.99. The Morgan fingerprint density at radius 2 is 1.71 bits per heavy atom. The van der Waals surface area contributed by atoms with Crippen LogP contribution in [-0.4, -0.2) is 46.6 Å². The highest BCUT2D eigenvalue weighted by Gasteiger charge is 2.27. The van der Waals surface area contributed by atoms with E-state index in [-0.39, 0.29) is 18.7 Å². The molecule has 0 saturated heterocycles. The number of methoxy groups -OCH3 is 1. The minimum Gasteiger partial charge on any atom is -0.453 e. The lowest BCUT2D eigenvalue weighted by Crippen LogP contribution is -2.47. The minimum atomic E-state index is -1.12. The van der Waals surface area contributed by atoms with Gasteiger partial charge in [0.1, 0.15) is 11.7 Å². The van der Waals surface area contributed by atoms with Crippen molar-refractivity contribution in [2.75, 3.05) is 7.11 Å². The maximum absolute atomic E-state index is 13.1. The summed E-state index contributed by atoms with van der Waals surface area (Å²) in [6.45, 7) is 2.01. The topological polar surface area (TPSA) is 145 Å². The van der Waals surface area contributed by atoms with Crippen molar-refractivity contribution >= 4 is 23.7 Å². The number of carbonyl (C=O) groups is 4. The van der Waals surface area contributed by atoms with E-state index in [4.69, 9.17) is 5.73 Å². The summed E-state index contributed by atoms with van der Waals surface area (Å²) in [5.74, 6) is -2.59. The zero-order valence-corrected chi connectivity index (χ0v) is 18.8. The summed E-state index contributed by atoms with van der Waals surface area (Å²) in [7, 11) is 1.28. The monoisotopic (exact) mass is 463 g/mol. The highest BCUT2D eigenvalue weighted by molar-refractivity contribution is 6.38. The van der Waals surface area contributed by atoms with Gasteiger partial charge in [-0.2, -0.15) is 5.10 Å². The average molecular weight is 463 g/mol. The number of nitrogens with one attached hydrogen (secondary N) is 2. The molecule has 34 heavy (non-hydrogen) atoms. The van der Waals surface area contributed by atoms with Gasteiger partial charge in [-0.25, -0.2) is 9.48 Å². The summed E-state index contributed by atoms with van der Waals surface area (Å²) in [5.41, 5.74) is 8.16. The third kappa shape index (κ3) is 6.06. The number of primary amides is 1. The van der Waals surface area contributed by atoms with Crippen molar-refractivity contribution in [3.8, 4) is 5.69 Å². The first kappa shape index (κ1) is 24.2. The van der Waals surface area contributed by atoms with Gasteiger partial charge >= 0.3 is 6.09 Å². The normalized spacial score (nSPS) is 11.4. The quantitative estimate of drug-likeness (QED) is 0.409. The highest BCUT2D eigenvalue weighted by atomic mass is 16.5. The maximum atomic E-state index is 13.1. The van der Waals surface area contributed by atoms with Gasteiger partial charge in [0, 0.05) is 13.0 Å². The SMILES string of the molecule is COC(=O)NCc1ccc(-n2nc(C)cc2C(=O)N[C@@H](Cc2ccccc2)C(=O)C(N)=O)cc1. The van der Waals surface area contributed by atoms with E-state index in [1.807, 2.05) is 6.07 Å². The molecule has 1 aromatic heterocycles. The first-order chi connectivity index (χ1) is 16.3. The van der Waals surface area contributed by atoms with Crippen molar-refractivity contribution < 1.29 is 23.9 Å². The fraction of sp³-hybridized carbons (Fsp3) is 0.208. The Balaban J connectivity index is 1.81. The first-order valence-electron chi connectivity index (χ1n) is 10.4. The van der Waals surface area contributed by atoms with Crippen molar-refractivity contribution in [1.82, 2.24) is 20.4 Å². The van der Waals surface area contributed by atoms with Crippen molar-refractivity contribution in [2.45, 2.75) is 25.9 Å². The van der Waals surface area contributed by atoms with Crippen LogP contribution in [0, 0.1) is 6.92 Å². The lowest BCUT2D eigenvalue weighted by Gasteiger charge is -2.17. The Labute approximate surface area is 196 Å². The van der Waals surface area contributed by atoms with Crippen molar-refractivity contribution in [3.63, 3.8) is 0 Å². The van der Waals surface area contributed by atoms with E-state index in [1.54, 1.807) is 61.5 Å². The molecule has 0 aliphatic heterocycles. The lowest BCUT2D eigenvalue weighted by atomic mass is 10.0. The molecule has 0 fully saturated rings. The summed E-state index contributed by atoms with van der Waals surface area (Å²) >= 11 is 0. The molecular weight excluding hydrogens is 438 g/mol. The van der Waals surface area contributed by atoms with E-state index < -0.39 is 29.7 Å². The standard InChI is InChI=1S/C24H25N5O5/c1-15-12-20(29(28-15)18-10-8-17(9-11-18)14-26-24(33)34-2)23(32)27-19(21(30)22(25)31)13-16-6-4-3-5-7-16/h3-12,19H,13-14H2,1-2H3,(H2,25,31)(H,26,33)(H,27,32)/t19-/m0/s1. The van der Waals surface area contributed by atoms with Gasteiger partial charge < -0.3 is 21.1 Å². The molecule has 2 aromatic carbocycles. The molecule has 0 bridgehead atoms. The van der Waals surface area contributed by atoms with Crippen LogP contribution in [0.15, 0.2) is 60.7 Å². The number of carbonyl (C=O) groups excluding carboxylic acids is 4. The summed E-state index contributed by atoms with van der Waals surface area (Å²) in [5, 5.41) is 9.59. The molecule has 3 amide bonds. The van der Waals surface area contributed by atoms with E-state index in [1.165, 1.54) is 11.8 Å². The molecule has 1 heterocycles. The molecule has 3 aromatic rings. The number of hydrogen-bond acceptors (Lipinski definition) is 6. The molecule has 10 nitrogen and oxygen atoms in total. The van der Waals surface area contributed by atoms with Gasteiger partial charge in [0.2, 0.25) is 5.78 Å². The maximum Gasteiger partial charge on any atom is 0.407 e. The number of amides is 3. The smallest absolute Gasteiger partial charge is 0.407 e. The van der Waals surface area contributed by atoms with Crippen LogP contribution in [0.3, 0.4) is 0 Å². The number of ether oxygens (including phenoxy) is 1. The molecule has 0 unspecified atom stereocenters. The average Bonchev–Trinajstić information content (AvgIpc) is 3.24. The number of alkyl carbamates (subject to hydrolysis) is 1. The Morgan fingerprint density at radius 3 is 2.32 bits per heavy atom. The number of Topliss-reactive ketones (excluding diaryl/α,β-unsaturated/α-hetero) is 1. The van der Waals surface area contributed by atoms with Crippen LogP contribution in [0.4, 0.5) is 4.79 Å². The third-order valence-electron chi connectivity index (χ3n) is 5.01. The number of ketones is 1. The van der Waals surface area contributed by atoms with E-state index in [9.17, 15) is 19.2 Å².